The molecule has 1 aliphatic heterocycles. The Labute approximate surface area is 146 Å². The van der Waals surface area contributed by atoms with Crippen LogP contribution in [0.1, 0.15) is 5.56 Å². The van der Waals surface area contributed by atoms with Gasteiger partial charge in [-0.3, -0.25) is 5.10 Å². The second-order valence-corrected chi connectivity index (χ2v) is 8.04. The second-order valence-electron chi connectivity index (χ2n) is 6.13. The third-order valence-corrected chi connectivity index (χ3v) is 6.61. The molecule has 0 bridgehead atoms. The van der Waals surface area contributed by atoms with E-state index >= 15 is 0 Å². The maximum atomic E-state index is 13.1. The van der Waals surface area contributed by atoms with Gasteiger partial charge in [-0.15, -0.1) is 0 Å². The summed E-state index contributed by atoms with van der Waals surface area (Å²) < 4.78 is 32.9. The van der Waals surface area contributed by atoms with E-state index in [2.05, 4.69) is 10.2 Å². The molecule has 1 fully saturated rings. The monoisotopic (exact) mass is 357 g/mol. The number of sulfonamides is 1. The number of hydrogen-bond acceptors (Lipinski definition) is 4. The Morgan fingerprint density at radius 1 is 1.16 bits per heavy atom. The molecule has 1 N–H and O–H groups in total. The van der Waals surface area contributed by atoms with Gasteiger partial charge in [-0.1, -0.05) is 24.3 Å². The Kier molecular flexibility index (Phi) is 4.07. The number of ether oxygens (including phenoxy) is 1. The van der Waals surface area contributed by atoms with Gasteiger partial charge in [-0.05, 0) is 35.7 Å². The fourth-order valence-corrected chi connectivity index (χ4v) is 4.85. The molecule has 7 heteroatoms. The number of benzene rings is 2. The summed E-state index contributed by atoms with van der Waals surface area (Å²) in [4.78, 5) is 0.354. The van der Waals surface area contributed by atoms with E-state index in [1.807, 2.05) is 37.3 Å². The van der Waals surface area contributed by atoms with E-state index < -0.39 is 10.0 Å². The highest BCUT2D eigenvalue weighted by atomic mass is 32.2. The van der Waals surface area contributed by atoms with Crippen LogP contribution in [-0.4, -0.2) is 49.2 Å². The third kappa shape index (κ3) is 2.84. The third-order valence-electron chi connectivity index (χ3n) is 4.57. The summed E-state index contributed by atoms with van der Waals surface area (Å²) >= 11 is 0. The Morgan fingerprint density at radius 3 is 2.76 bits per heavy atom. The number of H-pyrrole nitrogens is 1. The largest absolute Gasteiger partial charge is 0.379 e. The molecule has 25 heavy (non-hydrogen) atoms. The number of nitrogens with zero attached hydrogens (tertiary/aromatic N) is 2. The number of aromatic nitrogens is 2. The molecular formula is C18H19N3O3S. The van der Waals surface area contributed by atoms with Gasteiger partial charge in [0.1, 0.15) is 0 Å². The molecule has 0 atom stereocenters. The lowest BCUT2D eigenvalue weighted by Gasteiger charge is -2.27. The van der Waals surface area contributed by atoms with Crippen LogP contribution in [0.3, 0.4) is 0 Å². The summed E-state index contributed by atoms with van der Waals surface area (Å²) in [6.45, 7) is 3.49. The molecule has 0 radical (unpaired) electrons. The number of hydrogen-bond donors (Lipinski definition) is 1. The minimum atomic E-state index is -3.53. The van der Waals surface area contributed by atoms with Crippen molar-refractivity contribution in [1.29, 1.82) is 0 Å². The van der Waals surface area contributed by atoms with Gasteiger partial charge in [0, 0.05) is 18.5 Å². The fraction of sp³-hybridized carbons (Fsp3) is 0.278. The van der Waals surface area contributed by atoms with Gasteiger partial charge >= 0.3 is 0 Å². The molecule has 1 aliphatic rings. The van der Waals surface area contributed by atoms with Crippen molar-refractivity contribution >= 4 is 20.9 Å². The molecule has 2 aromatic carbocycles. The van der Waals surface area contributed by atoms with Gasteiger partial charge in [-0.2, -0.15) is 9.40 Å². The number of fused-ring (bicyclic) bond motifs is 1. The van der Waals surface area contributed by atoms with E-state index in [1.165, 1.54) is 4.31 Å². The number of nitrogens with one attached hydrogen (secondary N) is 1. The normalized spacial score (nSPS) is 16.4. The van der Waals surface area contributed by atoms with Crippen LogP contribution in [0.25, 0.3) is 22.0 Å². The zero-order chi connectivity index (χ0) is 17.4. The molecule has 1 aromatic heterocycles. The van der Waals surface area contributed by atoms with Crippen LogP contribution >= 0.6 is 0 Å². The van der Waals surface area contributed by atoms with Gasteiger partial charge in [0.2, 0.25) is 10.0 Å². The van der Waals surface area contributed by atoms with Crippen LogP contribution in [0.5, 0.6) is 0 Å². The highest BCUT2D eigenvalue weighted by Crippen LogP contribution is 2.31. The van der Waals surface area contributed by atoms with E-state index in [-0.39, 0.29) is 0 Å². The first-order valence-corrected chi connectivity index (χ1v) is 9.62. The molecule has 1 saturated heterocycles. The minimum absolute atomic E-state index is 0.354. The maximum Gasteiger partial charge on any atom is 0.243 e. The summed E-state index contributed by atoms with van der Waals surface area (Å²) in [5, 5.41) is 8.00. The fourth-order valence-electron chi connectivity index (χ4n) is 3.19. The molecule has 0 saturated carbocycles. The first-order chi connectivity index (χ1) is 12.1. The van der Waals surface area contributed by atoms with Gasteiger partial charge in [0.25, 0.3) is 0 Å². The highest BCUT2D eigenvalue weighted by Gasteiger charge is 2.28. The molecule has 0 amide bonds. The van der Waals surface area contributed by atoms with E-state index in [1.54, 1.807) is 12.3 Å². The predicted octanol–water partition coefficient (Wildman–Crippen LogP) is 2.56. The van der Waals surface area contributed by atoms with E-state index in [9.17, 15) is 8.42 Å². The van der Waals surface area contributed by atoms with E-state index in [0.29, 0.717) is 31.2 Å². The van der Waals surface area contributed by atoms with Crippen molar-refractivity contribution < 1.29 is 13.2 Å². The Morgan fingerprint density at radius 2 is 1.96 bits per heavy atom. The lowest BCUT2D eigenvalue weighted by atomic mass is 10.0. The molecule has 3 aromatic rings. The van der Waals surface area contributed by atoms with Gasteiger partial charge in [-0.25, -0.2) is 8.42 Å². The Balaban J connectivity index is 1.83. The first kappa shape index (κ1) is 16.3. The smallest absolute Gasteiger partial charge is 0.243 e. The van der Waals surface area contributed by atoms with Crippen molar-refractivity contribution in [2.45, 2.75) is 11.8 Å². The predicted molar refractivity (Wildman–Crippen MR) is 95.8 cm³/mol. The molecular weight excluding hydrogens is 338 g/mol. The molecule has 0 aliphatic carbocycles. The maximum absolute atomic E-state index is 13.1. The van der Waals surface area contributed by atoms with Crippen molar-refractivity contribution in [3.05, 3.63) is 48.2 Å². The minimum Gasteiger partial charge on any atom is -0.379 e. The van der Waals surface area contributed by atoms with Gasteiger partial charge in [0.15, 0.2) is 0 Å². The first-order valence-electron chi connectivity index (χ1n) is 8.18. The Bertz CT molecular complexity index is 1020. The van der Waals surface area contributed by atoms with Crippen LogP contribution in [0.15, 0.2) is 47.5 Å². The zero-order valence-electron chi connectivity index (χ0n) is 13.9. The van der Waals surface area contributed by atoms with Gasteiger partial charge < -0.3 is 4.74 Å². The molecule has 6 nitrogen and oxygen atoms in total. The standard InChI is InChI=1S/C18H19N3O3S/c1-13-5-6-14(15-3-2-4-17-16(15)12-19-20-17)11-18(13)25(22,23)21-7-9-24-10-8-21/h2-6,11-12H,7-10H2,1H3,(H,19,20). The van der Waals surface area contributed by atoms with Crippen molar-refractivity contribution in [2.75, 3.05) is 26.3 Å². The SMILES string of the molecule is Cc1ccc(-c2cccc3[nH]ncc23)cc1S(=O)(=O)N1CCOCC1. The van der Waals surface area contributed by atoms with Crippen LogP contribution in [0, 0.1) is 6.92 Å². The molecule has 2 heterocycles. The molecule has 130 valence electrons. The van der Waals surface area contributed by atoms with Crippen molar-refractivity contribution in [2.24, 2.45) is 0 Å². The van der Waals surface area contributed by atoms with Crippen LogP contribution in [-0.2, 0) is 14.8 Å². The van der Waals surface area contributed by atoms with E-state index in [4.69, 9.17) is 4.74 Å². The number of aromatic amines is 1. The summed E-state index contributed by atoms with van der Waals surface area (Å²) in [5.74, 6) is 0. The average Bonchev–Trinajstić information content (AvgIpc) is 3.11. The molecule has 0 unspecified atom stereocenters. The second kappa shape index (κ2) is 6.25. The summed E-state index contributed by atoms with van der Waals surface area (Å²) in [7, 11) is -3.53. The molecule has 4 rings (SSSR count). The zero-order valence-corrected chi connectivity index (χ0v) is 14.7. The van der Waals surface area contributed by atoms with Crippen molar-refractivity contribution in [3.63, 3.8) is 0 Å². The number of aryl methyl sites for hydroxylation is 1. The van der Waals surface area contributed by atoms with Crippen molar-refractivity contribution in [3.8, 4) is 11.1 Å². The lowest BCUT2D eigenvalue weighted by molar-refractivity contribution is 0.0730. The van der Waals surface area contributed by atoms with Crippen LogP contribution in [0.4, 0.5) is 0 Å². The summed E-state index contributed by atoms with van der Waals surface area (Å²) in [6, 6.07) is 11.4. The summed E-state index contributed by atoms with van der Waals surface area (Å²) in [6.07, 6.45) is 1.76. The summed E-state index contributed by atoms with van der Waals surface area (Å²) in [5.41, 5.74) is 3.50. The van der Waals surface area contributed by atoms with Crippen LogP contribution < -0.4 is 0 Å². The topological polar surface area (TPSA) is 75.3 Å². The Hall–Kier alpha value is -2.22. The quantitative estimate of drug-likeness (QED) is 0.782. The molecule has 0 spiro atoms. The van der Waals surface area contributed by atoms with Gasteiger partial charge in [0.05, 0.1) is 29.8 Å². The van der Waals surface area contributed by atoms with E-state index in [0.717, 1.165) is 27.6 Å². The average molecular weight is 357 g/mol. The lowest BCUT2D eigenvalue weighted by Crippen LogP contribution is -2.40. The van der Waals surface area contributed by atoms with Crippen molar-refractivity contribution in [1.82, 2.24) is 14.5 Å². The number of rotatable bonds is 3. The highest BCUT2D eigenvalue weighted by molar-refractivity contribution is 7.89. The van der Waals surface area contributed by atoms with Crippen LogP contribution in [0.2, 0.25) is 0 Å². The number of morpholine rings is 1.